The lowest BCUT2D eigenvalue weighted by molar-refractivity contribution is -0.123. The monoisotopic (exact) mass is 449 g/mol. The maximum Gasteiger partial charge on any atom is 0.339 e. The predicted octanol–water partition coefficient (Wildman–Crippen LogP) is 3.89. The van der Waals surface area contributed by atoms with Crippen LogP contribution in [0.25, 0.3) is 0 Å². The standard InChI is InChI=1S/C16H11F3INO3/c1-8(24-16(23)9-4-2-3-5-11(9)20)15(22)21-12-7-6-10(17)13(18)14(12)19/h2-8H,1H3,(H,21,22). The van der Waals surface area contributed by atoms with Crippen LogP contribution in [0.2, 0.25) is 0 Å². The van der Waals surface area contributed by atoms with Crippen molar-refractivity contribution in [3.63, 3.8) is 0 Å². The first-order valence-electron chi connectivity index (χ1n) is 6.71. The highest BCUT2D eigenvalue weighted by Crippen LogP contribution is 2.20. The number of carbonyl (C=O) groups excluding carboxylic acids is 2. The zero-order valence-electron chi connectivity index (χ0n) is 12.3. The van der Waals surface area contributed by atoms with E-state index in [1.807, 2.05) is 27.9 Å². The first kappa shape index (κ1) is 18.2. The molecule has 2 aromatic carbocycles. The van der Waals surface area contributed by atoms with E-state index in [1.54, 1.807) is 18.2 Å². The number of hydrogen-bond acceptors (Lipinski definition) is 3. The van der Waals surface area contributed by atoms with Gasteiger partial charge in [0.05, 0.1) is 11.3 Å². The van der Waals surface area contributed by atoms with E-state index in [0.717, 1.165) is 6.07 Å². The van der Waals surface area contributed by atoms with E-state index in [2.05, 4.69) is 0 Å². The van der Waals surface area contributed by atoms with Gasteiger partial charge in [0, 0.05) is 3.57 Å². The summed E-state index contributed by atoms with van der Waals surface area (Å²) in [6.07, 6.45) is -1.26. The van der Waals surface area contributed by atoms with Gasteiger partial charge in [-0.05, 0) is 53.8 Å². The summed E-state index contributed by atoms with van der Waals surface area (Å²) < 4.78 is 45.2. The van der Waals surface area contributed by atoms with Gasteiger partial charge >= 0.3 is 5.97 Å². The third-order valence-electron chi connectivity index (χ3n) is 3.04. The smallest absolute Gasteiger partial charge is 0.339 e. The van der Waals surface area contributed by atoms with E-state index >= 15 is 0 Å². The highest BCUT2D eigenvalue weighted by Gasteiger charge is 2.22. The maximum atomic E-state index is 13.5. The van der Waals surface area contributed by atoms with Gasteiger partial charge in [-0.2, -0.15) is 0 Å². The van der Waals surface area contributed by atoms with Crippen LogP contribution in [0.15, 0.2) is 36.4 Å². The Kier molecular flexibility index (Phi) is 5.81. The van der Waals surface area contributed by atoms with Crippen LogP contribution in [-0.4, -0.2) is 18.0 Å². The Morgan fingerprint density at radius 1 is 1.08 bits per heavy atom. The second-order valence-corrected chi connectivity index (χ2v) is 5.90. The summed E-state index contributed by atoms with van der Waals surface area (Å²) in [7, 11) is 0. The third kappa shape index (κ3) is 4.05. The average Bonchev–Trinajstić information content (AvgIpc) is 2.55. The number of benzene rings is 2. The molecule has 0 saturated heterocycles. The Morgan fingerprint density at radius 2 is 1.75 bits per heavy atom. The van der Waals surface area contributed by atoms with Crippen LogP contribution in [0.4, 0.5) is 18.9 Å². The number of hydrogen-bond donors (Lipinski definition) is 1. The molecule has 0 heterocycles. The molecule has 0 aliphatic rings. The molecule has 2 aromatic rings. The van der Waals surface area contributed by atoms with E-state index in [-0.39, 0.29) is 5.56 Å². The highest BCUT2D eigenvalue weighted by molar-refractivity contribution is 14.1. The van der Waals surface area contributed by atoms with Crippen LogP contribution in [0, 0.1) is 21.0 Å². The summed E-state index contributed by atoms with van der Waals surface area (Å²) in [6, 6.07) is 8.15. The lowest BCUT2D eigenvalue weighted by Crippen LogP contribution is -2.30. The Balaban J connectivity index is 2.07. The van der Waals surface area contributed by atoms with Gasteiger partial charge in [0.15, 0.2) is 23.6 Å². The minimum absolute atomic E-state index is 0.275. The molecule has 0 aromatic heterocycles. The quantitative estimate of drug-likeness (QED) is 0.438. The van der Waals surface area contributed by atoms with E-state index in [4.69, 9.17) is 4.74 Å². The topological polar surface area (TPSA) is 55.4 Å². The Morgan fingerprint density at radius 3 is 2.42 bits per heavy atom. The lowest BCUT2D eigenvalue weighted by Gasteiger charge is -2.14. The summed E-state index contributed by atoms with van der Waals surface area (Å²) in [5.74, 6) is -6.20. The van der Waals surface area contributed by atoms with Crippen molar-refractivity contribution in [3.8, 4) is 0 Å². The van der Waals surface area contributed by atoms with Crippen molar-refractivity contribution in [1.29, 1.82) is 0 Å². The van der Waals surface area contributed by atoms with Crippen molar-refractivity contribution in [1.82, 2.24) is 0 Å². The number of rotatable bonds is 4. The third-order valence-corrected chi connectivity index (χ3v) is 3.98. The fraction of sp³-hybridized carbons (Fsp3) is 0.125. The average molecular weight is 449 g/mol. The molecule has 0 aliphatic heterocycles. The molecular weight excluding hydrogens is 438 g/mol. The lowest BCUT2D eigenvalue weighted by atomic mass is 10.2. The molecule has 24 heavy (non-hydrogen) atoms. The minimum atomic E-state index is -1.70. The van der Waals surface area contributed by atoms with Crippen LogP contribution >= 0.6 is 22.6 Å². The molecule has 0 fully saturated rings. The second-order valence-electron chi connectivity index (χ2n) is 4.74. The number of carbonyl (C=O) groups is 2. The van der Waals surface area contributed by atoms with Gasteiger partial charge in [-0.25, -0.2) is 18.0 Å². The Labute approximate surface area is 149 Å². The van der Waals surface area contributed by atoms with Crippen molar-refractivity contribution < 1.29 is 27.5 Å². The van der Waals surface area contributed by atoms with Crippen LogP contribution in [-0.2, 0) is 9.53 Å². The van der Waals surface area contributed by atoms with Gasteiger partial charge in [0.2, 0.25) is 0 Å². The molecule has 2 rings (SSSR count). The van der Waals surface area contributed by atoms with Gasteiger partial charge in [0.25, 0.3) is 5.91 Å². The highest BCUT2D eigenvalue weighted by atomic mass is 127. The molecular formula is C16H11F3INO3. The molecule has 8 heteroatoms. The van der Waals surface area contributed by atoms with Gasteiger partial charge in [-0.3, -0.25) is 4.79 Å². The first-order valence-corrected chi connectivity index (χ1v) is 7.79. The molecule has 0 spiro atoms. The number of halogens is 4. The molecule has 0 radical (unpaired) electrons. The van der Waals surface area contributed by atoms with Crippen LogP contribution in [0.3, 0.4) is 0 Å². The minimum Gasteiger partial charge on any atom is -0.449 e. The summed E-state index contributed by atoms with van der Waals surface area (Å²) in [5.41, 5.74) is -0.271. The molecule has 1 amide bonds. The molecule has 1 unspecified atom stereocenters. The number of esters is 1. The molecule has 4 nitrogen and oxygen atoms in total. The molecule has 126 valence electrons. The number of nitrogens with one attached hydrogen (secondary N) is 1. The first-order chi connectivity index (χ1) is 11.3. The van der Waals surface area contributed by atoms with Gasteiger partial charge < -0.3 is 10.1 Å². The van der Waals surface area contributed by atoms with Crippen molar-refractivity contribution in [2.75, 3.05) is 5.32 Å². The number of ether oxygens (including phenoxy) is 1. The molecule has 1 N–H and O–H groups in total. The van der Waals surface area contributed by atoms with E-state index in [0.29, 0.717) is 9.64 Å². The Bertz CT molecular complexity index is 798. The molecule has 0 saturated carbocycles. The van der Waals surface area contributed by atoms with E-state index in [1.165, 1.54) is 13.0 Å². The number of amides is 1. The van der Waals surface area contributed by atoms with Crippen LogP contribution in [0.1, 0.15) is 17.3 Å². The molecule has 0 aliphatic carbocycles. The van der Waals surface area contributed by atoms with Crippen molar-refractivity contribution >= 4 is 40.2 Å². The van der Waals surface area contributed by atoms with Crippen molar-refractivity contribution in [2.45, 2.75) is 13.0 Å². The fourth-order valence-corrected chi connectivity index (χ4v) is 2.37. The maximum absolute atomic E-state index is 13.5. The summed E-state index contributed by atoms with van der Waals surface area (Å²) in [6.45, 7) is 1.28. The van der Waals surface area contributed by atoms with Gasteiger partial charge in [-0.1, -0.05) is 12.1 Å². The normalized spacial score (nSPS) is 11.7. The molecule has 1 atom stereocenters. The number of anilines is 1. The zero-order valence-corrected chi connectivity index (χ0v) is 14.4. The van der Waals surface area contributed by atoms with Crippen molar-refractivity contribution in [3.05, 3.63) is 63.0 Å². The Hall–Kier alpha value is -2.10. The van der Waals surface area contributed by atoms with Crippen LogP contribution in [0.5, 0.6) is 0 Å². The zero-order chi connectivity index (χ0) is 17.9. The van der Waals surface area contributed by atoms with Gasteiger partial charge in [0.1, 0.15) is 0 Å². The van der Waals surface area contributed by atoms with E-state index < -0.39 is 41.1 Å². The summed E-state index contributed by atoms with van der Waals surface area (Å²) in [4.78, 5) is 23.9. The summed E-state index contributed by atoms with van der Waals surface area (Å²) >= 11 is 1.94. The van der Waals surface area contributed by atoms with Crippen LogP contribution < -0.4 is 5.32 Å². The summed E-state index contributed by atoms with van der Waals surface area (Å²) in [5, 5.41) is 2.05. The molecule has 0 bridgehead atoms. The predicted molar refractivity (Wildman–Crippen MR) is 89.0 cm³/mol. The van der Waals surface area contributed by atoms with E-state index in [9.17, 15) is 22.8 Å². The van der Waals surface area contributed by atoms with Crippen molar-refractivity contribution in [2.24, 2.45) is 0 Å². The SMILES string of the molecule is CC(OC(=O)c1ccccc1I)C(=O)Nc1ccc(F)c(F)c1F. The second kappa shape index (κ2) is 7.65. The van der Waals surface area contributed by atoms with Gasteiger partial charge in [-0.15, -0.1) is 0 Å². The largest absolute Gasteiger partial charge is 0.449 e. The fourth-order valence-electron chi connectivity index (χ4n) is 1.76.